The molecule has 1 aromatic heterocycles. The van der Waals surface area contributed by atoms with E-state index in [-0.39, 0.29) is 0 Å². The maximum atomic E-state index is 5.38. The second-order valence-electron chi connectivity index (χ2n) is 5.06. The Bertz CT molecular complexity index is 564. The van der Waals surface area contributed by atoms with Gasteiger partial charge in [0.05, 0.1) is 0 Å². The zero-order valence-corrected chi connectivity index (χ0v) is 11.2. The highest BCUT2D eigenvalue weighted by Gasteiger charge is 2.25. The van der Waals surface area contributed by atoms with Crippen LogP contribution in [0.25, 0.3) is 0 Å². The summed E-state index contributed by atoms with van der Waals surface area (Å²) in [6.45, 7) is 0.987. The minimum absolute atomic E-state index is 0.752. The molecule has 94 valence electrons. The van der Waals surface area contributed by atoms with Gasteiger partial charge in [0.2, 0.25) is 0 Å². The molecule has 2 nitrogen and oxygen atoms in total. The van der Waals surface area contributed by atoms with Crippen LogP contribution in [-0.4, -0.2) is 9.78 Å². The van der Waals surface area contributed by atoms with E-state index in [4.69, 9.17) is 12.2 Å². The van der Waals surface area contributed by atoms with Crippen LogP contribution in [-0.2, 0) is 13.0 Å². The minimum Gasteiger partial charge on any atom is -0.301 e. The topological polar surface area (TPSA) is 20.7 Å². The fourth-order valence-electron chi connectivity index (χ4n) is 2.31. The average molecular weight is 258 g/mol. The molecular weight excluding hydrogens is 240 g/mol. The van der Waals surface area contributed by atoms with Gasteiger partial charge in [-0.2, -0.15) is 0 Å². The molecule has 1 heterocycles. The van der Waals surface area contributed by atoms with Crippen LogP contribution in [0, 0.1) is 4.64 Å². The molecule has 1 aromatic carbocycles. The number of aryl methyl sites for hydroxylation is 2. The van der Waals surface area contributed by atoms with Crippen LogP contribution in [0.1, 0.15) is 36.4 Å². The van der Waals surface area contributed by atoms with Crippen molar-refractivity contribution in [1.29, 1.82) is 0 Å². The molecule has 1 aliphatic carbocycles. The third kappa shape index (κ3) is 2.72. The third-order valence-corrected chi connectivity index (χ3v) is 3.85. The summed E-state index contributed by atoms with van der Waals surface area (Å²) in [5.74, 6) is 0.752. The lowest BCUT2D eigenvalue weighted by molar-refractivity contribution is 0.566. The molecule has 0 unspecified atom stereocenters. The van der Waals surface area contributed by atoms with Crippen molar-refractivity contribution in [3.05, 3.63) is 52.3 Å². The molecule has 1 fully saturated rings. The van der Waals surface area contributed by atoms with Gasteiger partial charge in [-0.3, -0.25) is 4.68 Å². The van der Waals surface area contributed by atoms with Crippen LogP contribution in [0.15, 0.2) is 36.4 Å². The normalized spacial score (nSPS) is 14.9. The highest BCUT2D eigenvalue weighted by molar-refractivity contribution is 7.71. The predicted octanol–water partition coefficient (Wildman–Crippen LogP) is 4.06. The predicted molar refractivity (Wildman–Crippen MR) is 76.4 cm³/mol. The van der Waals surface area contributed by atoms with Crippen LogP contribution in [0.5, 0.6) is 0 Å². The van der Waals surface area contributed by atoms with Crippen molar-refractivity contribution in [3.63, 3.8) is 0 Å². The standard InChI is InChI=1S/C15H18N2S/c18-15-11-14(13-8-9-13)16-17(15)10-4-7-12-5-2-1-3-6-12/h1-3,5-6,11,13,16H,4,7-10H2. The van der Waals surface area contributed by atoms with Crippen molar-refractivity contribution in [3.8, 4) is 0 Å². The monoisotopic (exact) mass is 258 g/mol. The quantitative estimate of drug-likeness (QED) is 0.802. The first-order valence-electron chi connectivity index (χ1n) is 6.66. The van der Waals surface area contributed by atoms with E-state index >= 15 is 0 Å². The summed E-state index contributed by atoms with van der Waals surface area (Å²) in [6.07, 6.45) is 4.88. The van der Waals surface area contributed by atoms with Gasteiger partial charge in [0.25, 0.3) is 0 Å². The van der Waals surface area contributed by atoms with Crippen molar-refractivity contribution < 1.29 is 0 Å². The summed E-state index contributed by atoms with van der Waals surface area (Å²) in [7, 11) is 0. The van der Waals surface area contributed by atoms with E-state index in [1.165, 1.54) is 24.1 Å². The zero-order chi connectivity index (χ0) is 12.4. The molecule has 1 aliphatic rings. The molecule has 0 bridgehead atoms. The number of benzene rings is 1. The molecular formula is C15H18N2S. The highest BCUT2D eigenvalue weighted by atomic mass is 32.1. The molecule has 0 atom stereocenters. The van der Waals surface area contributed by atoms with E-state index in [1.807, 2.05) is 0 Å². The van der Waals surface area contributed by atoms with Gasteiger partial charge in [-0.15, -0.1) is 0 Å². The molecule has 2 aromatic rings. The third-order valence-electron chi connectivity index (χ3n) is 3.52. The van der Waals surface area contributed by atoms with Crippen molar-refractivity contribution in [2.45, 2.75) is 38.1 Å². The lowest BCUT2D eigenvalue weighted by Crippen LogP contribution is -2.02. The van der Waals surface area contributed by atoms with E-state index in [0.29, 0.717) is 0 Å². The van der Waals surface area contributed by atoms with Crippen molar-refractivity contribution in [1.82, 2.24) is 9.78 Å². The van der Waals surface area contributed by atoms with Gasteiger partial charge in [-0.25, -0.2) is 0 Å². The Balaban J connectivity index is 1.58. The van der Waals surface area contributed by atoms with Crippen LogP contribution >= 0.6 is 12.2 Å². The van der Waals surface area contributed by atoms with E-state index in [0.717, 1.165) is 29.9 Å². The van der Waals surface area contributed by atoms with E-state index in [1.54, 1.807) is 0 Å². The average Bonchev–Trinajstić information content (AvgIpc) is 3.17. The van der Waals surface area contributed by atoms with Crippen LogP contribution in [0.2, 0.25) is 0 Å². The van der Waals surface area contributed by atoms with Crippen LogP contribution in [0.4, 0.5) is 0 Å². The van der Waals surface area contributed by atoms with Crippen molar-refractivity contribution in [2.24, 2.45) is 0 Å². The second-order valence-corrected chi connectivity index (χ2v) is 5.48. The zero-order valence-electron chi connectivity index (χ0n) is 10.4. The molecule has 0 aliphatic heterocycles. The SMILES string of the molecule is S=c1cc(C2CC2)[nH]n1CCCc1ccccc1. The Morgan fingerprint density at radius 1 is 1.22 bits per heavy atom. The molecule has 3 rings (SSSR count). The molecule has 0 spiro atoms. The van der Waals surface area contributed by atoms with E-state index < -0.39 is 0 Å². The van der Waals surface area contributed by atoms with Gasteiger partial charge in [-0.05, 0) is 37.3 Å². The maximum absolute atomic E-state index is 5.38. The van der Waals surface area contributed by atoms with Crippen LogP contribution in [0.3, 0.4) is 0 Å². The number of H-pyrrole nitrogens is 1. The summed E-state index contributed by atoms with van der Waals surface area (Å²) in [5.41, 5.74) is 2.73. The number of nitrogens with one attached hydrogen (secondary N) is 1. The summed E-state index contributed by atoms with van der Waals surface area (Å²) in [5, 5.41) is 3.44. The summed E-state index contributed by atoms with van der Waals surface area (Å²) >= 11 is 5.38. The highest BCUT2D eigenvalue weighted by Crippen LogP contribution is 2.39. The van der Waals surface area contributed by atoms with Crippen molar-refractivity contribution in [2.75, 3.05) is 0 Å². The summed E-state index contributed by atoms with van der Waals surface area (Å²) in [6, 6.07) is 12.8. The summed E-state index contributed by atoms with van der Waals surface area (Å²) < 4.78 is 3.07. The molecule has 0 amide bonds. The number of rotatable bonds is 5. The fraction of sp³-hybridized carbons (Fsp3) is 0.400. The molecule has 1 saturated carbocycles. The molecule has 3 heteroatoms. The van der Waals surface area contributed by atoms with E-state index in [9.17, 15) is 0 Å². The fourth-order valence-corrected chi connectivity index (χ4v) is 2.57. The number of nitrogens with zero attached hydrogens (tertiary/aromatic N) is 1. The molecule has 18 heavy (non-hydrogen) atoms. The number of aromatic nitrogens is 2. The Morgan fingerprint density at radius 2 is 2.00 bits per heavy atom. The smallest absolute Gasteiger partial charge is 0.122 e. The number of hydrogen-bond donors (Lipinski definition) is 1. The first kappa shape index (κ1) is 11.7. The molecule has 0 saturated heterocycles. The Kier molecular flexibility index (Phi) is 3.33. The lowest BCUT2D eigenvalue weighted by Gasteiger charge is -2.03. The molecule has 0 radical (unpaired) electrons. The van der Waals surface area contributed by atoms with Crippen molar-refractivity contribution >= 4 is 12.2 Å². The van der Waals surface area contributed by atoms with Gasteiger partial charge in [0.1, 0.15) is 4.64 Å². The van der Waals surface area contributed by atoms with Gasteiger partial charge in [0, 0.05) is 18.2 Å². The maximum Gasteiger partial charge on any atom is 0.122 e. The first-order chi connectivity index (χ1) is 8.83. The number of aromatic amines is 1. The van der Waals surface area contributed by atoms with Gasteiger partial charge < -0.3 is 5.10 Å². The Morgan fingerprint density at radius 3 is 2.72 bits per heavy atom. The summed E-state index contributed by atoms with van der Waals surface area (Å²) in [4.78, 5) is 0. The first-order valence-corrected chi connectivity index (χ1v) is 7.07. The Labute approximate surface area is 113 Å². The second kappa shape index (κ2) is 5.11. The number of hydrogen-bond acceptors (Lipinski definition) is 1. The van der Waals surface area contributed by atoms with Gasteiger partial charge in [-0.1, -0.05) is 42.5 Å². The largest absolute Gasteiger partial charge is 0.301 e. The van der Waals surface area contributed by atoms with E-state index in [2.05, 4.69) is 46.2 Å². The lowest BCUT2D eigenvalue weighted by atomic mass is 10.1. The Hall–Kier alpha value is -1.35. The van der Waals surface area contributed by atoms with Crippen LogP contribution < -0.4 is 0 Å². The minimum atomic E-state index is 0.752. The molecule has 1 N–H and O–H groups in total. The van der Waals surface area contributed by atoms with Gasteiger partial charge in [0.15, 0.2) is 0 Å². The van der Waals surface area contributed by atoms with Gasteiger partial charge >= 0.3 is 0 Å².